The van der Waals surface area contributed by atoms with Gasteiger partial charge in [0.1, 0.15) is 5.82 Å². The second-order valence-corrected chi connectivity index (χ2v) is 4.38. The summed E-state index contributed by atoms with van der Waals surface area (Å²) in [5.74, 6) is 0.591. The Balaban J connectivity index is 2.49. The van der Waals surface area contributed by atoms with E-state index >= 15 is 0 Å². The first kappa shape index (κ1) is 15.9. The van der Waals surface area contributed by atoms with Gasteiger partial charge < -0.3 is 20.5 Å². The Bertz CT molecular complexity index is 347. The van der Waals surface area contributed by atoms with Crippen molar-refractivity contribution in [3.05, 3.63) is 23.9 Å². The third kappa shape index (κ3) is 6.00. The van der Waals surface area contributed by atoms with Gasteiger partial charge >= 0.3 is 0 Å². The summed E-state index contributed by atoms with van der Waals surface area (Å²) < 4.78 is 10.5. The molecule has 0 aromatic carbocycles. The zero-order valence-corrected chi connectivity index (χ0v) is 11.9. The molecule has 5 heteroatoms. The second kappa shape index (κ2) is 9.72. The molecule has 0 saturated carbocycles. The van der Waals surface area contributed by atoms with Crippen molar-refractivity contribution < 1.29 is 9.47 Å². The molecule has 0 saturated heterocycles. The van der Waals surface area contributed by atoms with Crippen molar-refractivity contribution in [2.24, 2.45) is 0 Å². The molecule has 0 spiro atoms. The first-order chi connectivity index (χ1) is 9.29. The van der Waals surface area contributed by atoms with Crippen molar-refractivity contribution in [1.82, 2.24) is 10.3 Å². The van der Waals surface area contributed by atoms with Crippen LogP contribution in [-0.4, -0.2) is 38.5 Å². The second-order valence-electron chi connectivity index (χ2n) is 4.38. The maximum atomic E-state index is 5.93. The van der Waals surface area contributed by atoms with Crippen LogP contribution in [-0.2, 0) is 9.47 Å². The van der Waals surface area contributed by atoms with Crippen molar-refractivity contribution in [1.29, 1.82) is 0 Å². The molecule has 0 aliphatic carbocycles. The number of hydrogen-bond acceptors (Lipinski definition) is 5. The number of nitrogen functional groups attached to an aromatic ring is 1. The summed E-state index contributed by atoms with van der Waals surface area (Å²) in [4.78, 5) is 4.14. The molecule has 0 fully saturated rings. The maximum absolute atomic E-state index is 5.93. The molecule has 3 N–H and O–H groups in total. The average molecular weight is 267 g/mol. The topological polar surface area (TPSA) is 69.4 Å². The molecule has 1 aromatic heterocycles. The highest BCUT2D eigenvalue weighted by Gasteiger charge is 2.13. The maximum Gasteiger partial charge on any atom is 0.128 e. The minimum Gasteiger partial charge on any atom is -0.383 e. The van der Waals surface area contributed by atoms with Gasteiger partial charge in [-0.3, -0.25) is 0 Å². The Labute approximate surface area is 115 Å². The fraction of sp³-hybridized carbons (Fsp3) is 0.643. The molecular weight excluding hydrogens is 242 g/mol. The molecule has 0 bridgehead atoms. The lowest BCUT2D eigenvalue weighted by Gasteiger charge is -2.20. The van der Waals surface area contributed by atoms with Crippen LogP contribution in [0.4, 0.5) is 5.82 Å². The zero-order chi connectivity index (χ0) is 13.9. The van der Waals surface area contributed by atoms with E-state index in [9.17, 15) is 0 Å². The molecule has 0 aliphatic rings. The van der Waals surface area contributed by atoms with Gasteiger partial charge in [0.25, 0.3) is 0 Å². The third-order valence-corrected chi connectivity index (χ3v) is 2.87. The van der Waals surface area contributed by atoms with Crippen LogP contribution < -0.4 is 11.1 Å². The molecule has 108 valence electrons. The minimum atomic E-state index is 0.191. The van der Waals surface area contributed by atoms with Gasteiger partial charge in [-0.25, -0.2) is 4.98 Å². The SMILES string of the molecule is CCCNC(CCOCCOC)c1cccnc1N. The molecular formula is C14H25N3O2. The molecule has 1 unspecified atom stereocenters. The molecule has 19 heavy (non-hydrogen) atoms. The molecule has 1 aromatic rings. The van der Waals surface area contributed by atoms with Gasteiger partial charge in [-0.05, 0) is 25.5 Å². The number of rotatable bonds is 10. The van der Waals surface area contributed by atoms with Crippen LogP contribution in [0.3, 0.4) is 0 Å². The number of ether oxygens (including phenoxy) is 2. The Morgan fingerprint density at radius 1 is 1.37 bits per heavy atom. The van der Waals surface area contributed by atoms with Gasteiger partial charge in [0.15, 0.2) is 0 Å². The van der Waals surface area contributed by atoms with Gasteiger partial charge in [0.2, 0.25) is 0 Å². The van der Waals surface area contributed by atoms with Gasteiger partial charge in [-0.2, -0.15) is 0 Å². The Hall–Kier alpha value is -1.17. The highest BCUT2D eigenvalue weighted by Crippen LogP contribution is 2.21. The standard InChI is InChI=1S/C14H25N3O2/c1-3-7-16-13(6-9-19-11-10-18-2)12-5-4-8-17-14(12)15/h4-5,8,13,16H,3,6-7,9-11H2,1-2H3,(H2,15,17). The molecule has 1 atom stereocenters. The Morgan fingerprint density at radius 3 is 2.89 bits per heavy atom. The molecule has 5 nitrogen and oxygen atoms in total. The Morgan fingerprint density at radius 2 is 2.21 bits per heavy atom. The smallest absolute Gasteiger partial charge is 0.128 e. The van der Waals surface area contributed by atoms with Crippen LogP contribution in [0, 0.1) is 0 Å². The van der Waals surface area contributed by atoms with Gasteiger partial charge in [-0.1, -0.05) is 13.0 Å². The molecule has 0 amide bonds. The van der Waals surface area contributed by atoms with E-state index in [2.05, 4.69) is 17.2 Å². The molecule has 1 rings (SSSR count). The highest BCUT2D eigenvalue weighted by atomic mass is 16.5. The molecule has 0 radical (unpaired) electrons. The summed E-state index contributed by atoms with van der Waals surface area (Å²) in [6.45, 7) is 5.03. The summed E-state index contributed by atoms with van der Waals surface area (Å²) >= 11 is 0. The number of nitrogens with one attached hydrogen (secondary N) is 1. The zero-order valence-electron chi connectivity index (χ0n) is 11.9. The van der Waals surface area contributed by atoms with Crippen LogP contribution in [0.25, 0.3) is 0 Å². The van der Waals surface area contributed by atoms with E-state index in [-0.39, 0.29) is 6.04 Å². The van der Waals surface area contributed by atoms with E-state index in [1.54, 1.807) is 13.3 Å². The van der Waals surface area contributed by atoms with Gasteiger partial charge in [0.05, 0.1) is 13.2 Å². The largest absolute Gasteiger partial charge is 0.383 e. The minimum absolute atomic E-state index is 0.191. The van der Waals surface area contributed by atoms with E-state index < -0.39 is 0 Å². The molecule has 1 heterocycles. The van der Waals surface area contributed by atoms with Crippen LogP contribution in [0.1, 0.15) is 31.4 Å². The number of methoxy groups -OCH3 is 1. The summed E-state index contributed by atoms with van der Waals surface area (Å²) in [6, 6.07) is 4.12. The van der Waals surface area contributed by atoms with Crippen LogP contribution in [0.15, 0.2) is 18.3 Å². The highest BCUT2D eigenvalue weighted by molar-refractivity contribution is 5.40. The van der Waals surface area contributed by atoms with Crippen LogP contribution >= 0.6 is 0 Å². The van der Waals surface area contributed by atoms with E-state index in [1.807, 2.05) is 12.1 Å². The third-order valence-electron chi connectivity index (χ3n) is 2.87. The summed E-state index contributed by atoms with van der Waals surface area (Å²) in [7, 11) is 1.67. The van der Waals surface area contributed by atoms with Gasteiger partial charge in [-0.15, -0.1) is 0 Å². The molecule has 0 aliphatic heterocycles. The van der Waals surface area contributed by atoms with E-state index in [0.717, 1.165) is 24.9 Å². The number of aromatic nitrogens is 1. The van der Waals surface area contributed by atoms with E-state index in [4.69, 9.17) is 15.2 Å². The van der Waals surface area contributed by atoms with Crippen LogP contribution in [0.2, 0.25) is 0 Å². The average Bonchev–Trinajstić information content (AvgIpc) is 2.43. The van der Waals surface area contributed by atoms with Crippen molar-refractivity contribution in [3.8, 4) is 0 Å². The number of hydrogen-bond donors (Lipinski definition) is 2. The van der Waals surface area contributed by atoms with E-state index in [1.165, 1.54) is 0 Å². The van der Waals surface area contributed by atoms with Crippen molar-refractivity contribution in [2.75, 3.05) is 39.2 Å². The number of nitrogens with two attached hydrogens (primary N) is 1. The fourth-order valence-electron chi connectivity index (χ4n) is 1.86. The van der Waals surface area contributed by atoms with Crippen molar-refractivity contribution in [2.45, 2.75) is 25.8 Å². The van der Waals surface area contributed by atoms with Crippen molar-refractivity contribution >= 4 is 5.82 Å². The predicted molar refractivity (Wildman–Crippen MR) is 77.0 cm³/mol. The van der Waals surface area contributed by atoms with E-state index in [0.29, 0.717) is 25.6 Å². The van der Waals surface area contributed by atoms with Crippen molar-refractivity contribution in [3.63, 3.8) is 0 Å². The summed E-state index contributed by atoms with van der Waals surface area (Å²) in [5.41, 5.74) is 6.98. The number of anilines is 1. The fourth-order valence-corrected chi connectivity index (χ4v) is 1.86. The first-order valence-electron chi connectivity index (χ1n) is 6.80. The van der Waals surface area contributed by atoms with Gasteiger partial charge in [0, 0.05) is 31.5 Å². The number of nitrogens with zero attached hydrogens (tertiary/aromatic N) is 1. The number of pyridine rings is 1. The normalized spacial score (nSPS) is 12.5. The lowest BCUT2D eigenvalue weighted by Crippen LogP contribution is -2.25. The quantitative estimate of drug-likeness (QED) is 0.632. The lowest BCUT2D eigenvalue weighted by molar-refractivity contribution is 0.0658. The first-order valence-corrected chi connectivity index (χ1v) is 6.80. The Kier molecular flexibility index (Phi) is 8.13. The predicted octanol–water partition coefficient (Wildman–Crippen LogP) is 1.76. The lowest BCUT2D eigenvalue weighted by atomic mass is 10.0. The summed E-state index contributed by atoms with van der Waals surface area (Å²) in [5, 5.41) is 3.49. The van der Waals surface area contributed by atoms with Crippen LogP contribution in [0.5, 0.6) is 0 Å². The monoisotopic (exact) mass is 267 g/mol. The summed E-state index contributed by atoms with van der Waals surface area (Å²) in [6.07, 6.45) is 3.67.